The third kappa shape index (κ3) is 3.64. The molecule has 0 unspecified atom stereocenters. The van der Waals surface area contributed by atoms with Gasteiger partial charge in [0.2, 0.25) is 0 Å². The summed E-state index contributed by atoms with van der Waals surface area (Å²) in [7, 11) is 0. The van der Waals surface area contributed by atoms with Crippen LogP contribution in [0.25, 0.3) is 0 Å². The van der Waals surface area contributed by atoms with Crippen LogP contribution < -0.4 is 0 Å². The predicted octanol–water partition coefficient (Wildman–Crippen LogP) is 4.97. The molecule has 0 aromatic carbocycles. The van der Waals surface area contributed by atoms with Crippen LogP contribution in [0.2, 0.25) is 5.15 Å². The molecule has 2 aromatic rings. The van der Waals surface area contributed by atoms with E-state index >= 15 is 0 Å². The van der Waals surface area contributed by atoms with Gasteiger partial charge in [-0.3, -0.25) is 0 Å². The molecule has 1 saturated carbocycles. The second-order valence-corrected chi connectivity index (χ2v) is 8.98. The topological polar surface area (TPSA) is 43.6 Å². The molecule has 0 radical (unpaired) electrons. The molecule has 5 heteroatoms. The van der Waals surface area contributed by atoms with Crippen molar-refractivity contribution in [2.24, 2.45) is 5.41 Å². The minimum Gasteiger partial charge on any atom is -0.314 e. The average molecular weight is 347 g/mol. The van der Waals surface area contributed by atoms with E-state index in [1.165, 1.54) is 12.8 Å². The Kier molecular flexibility index (Phi) is 4.45. The maximum absolute atomic E-state index is 6.11. The van der Waals surface area contributed by atoms with Gasteiger partial charge in [-0.1, -0.05) is 38.4 Å². The van der Waals surface area contributed by atoms with Crippen molar-refractivity contribution >= 4 is 11.6 Å². The van der Waals surface area contributed by atoms with Gasteiger partial charge in [0.25, 0.3) is 0 Å². The predicted molar refractivity (Wildman–Crippen MR) is 97.4 cm³/mol. The molecule has 1 fully saturated rings. The zero-order chi connectivity index (χ0) is 17.5. The van der Waals surface area contributed by atoms with Crippen LogP contribution in [0.4, 0.5) is 0 Å². The smallest absolute Gasteiger partial charge is 0.144 e. The monoisotopic (exact) mass is 346 g/mol. The molecule has 0 amide bonds. The van der Waals surface area contributed by atoms with Gasteiger partial charge in [0.05, 0.1) is 11.1 Å². The largest absolute Gasteiger partial charge is 0.314 e. The highest BCUT2D eigenvalue weighted by atomic mass is 35.5. The lowest BCUT2D eigenvalue weighted by Crippen LogP contribution is -2.27. The van der Waals surface area contributed by atoms with Gasteiger partial charge in [-0.15, -0.1) is 10.2 Å². The fourth-order valence-electron chi connectivity index (χ4n) is 2.96. The Morgan fingerprint density at radius 2 is 1.83 bits per heavy atom. The van der Waals surface area contributed by atoms with Crippen LogP contribution in [0.15, 0.2) is 18.2 Å². The summed E-state index contributed by atoms with van der Waals surface area (Å²) in [6.07, 6.45) is 3.55. The van der Waals surface area contributed by atoms with Crippen LogP contribution in [0.1, 0.15) is 77.1 Å². The second-order valence-electron chi connectivity index (χ2n) is 8.59. The fraction of sp³-hybridized carbons (Fsp3) is 0.632. The lowest BCUT2D eigenvalue weighted by molar-refractivity contribution is 0.339. The van der Waals surface area contributed by atoms with Crippen molar-refractivity contribution in [1.82, 2.24) is 19.7 Å². The van der Waals surface area contributed by atoms with E-state index in [4.69, 9.17) is 11.6 Å². The molecule has 0 spiro atoms. The van der Waals surface area contributed by atoms with Crippen LogP contribution in [0, 0.1) is 5.41 Å². The van der Waals surface area contributed by atoms with Crippen molar-refractivity contribution in [2.75, 3.05) is 0 Å². The van der Waals surface area contributed by atoms with Gasteiger partial charge in [-0.2, -0.15) is 0 Å². The van der Waals surface area contributed by atoms with E-state index in [1.54, 1.807) is 6.07 Å². The number of pyridine rings is 1. The minimum absolute atomic E-state index is 0.279. The first-order valence-corrected chi connectivity index (χ1v) is 9.13. The molecule has 0 saturated heterocycles. The first kappa shape index (κ1) is 17.4. The Morgan fingerprint density at radius 3 is 2.42 bits per heavy atom. The molecule has 1 aliphatic carbocycles. The zero-order valence-corrected chi connectivity index (χ0v) is 16.1. The summed E-state index contributed by atoms with van der Waals surface area (Å²) in [5.41, 5.74) is 0.880. The van der Waals surface area contributed by atoms with Gasteiger partial charge in [-0.05, 0) is 50.7 Å². The van der Waals surface area contributed by atoms with Crippen LogP contribution in [-0.4, -0.2) is 19.7 Å². The summed E-state index contributed by atoms with van der Waals surface area (Å²) in [5, 5.41) is 9.65. The highest BCUT2D eigenvalue weighted by Crippen LogP contribution is 2.41. The number of hydrogen-bond donors (Lipinski definition) is 0. The summed E-state index contributed by atoms with van der Waals surface area (Å²) in [4.78, 5) is 4.53. The Labute approximate surface area is 149 Å². The summed E-state index contributed by atoms with van der Waals surface area (Å²) < 4.78 is 2.34. The van der Waals surface area contributed by atoms with Crippen molar-refractivity contribution in [1.29, 1.82) is 0 Å². The number of rotatable bonds is 5. The van der Waals surface area contributed by atoms with Gasteiger partial charge in [0, 0.05) is 12.5 Å². The number of nitrogens with zero attached hydrogens (tertiary/aromatic N) is 4. The van der Waals surface area contributed by atoms with Crippen molar-refractivity contribution < 1.29 is 0 Å². The van der Waals surface area contributed by atoms with Crippen LogP contribution in [-0.2, 0) is 12.0 Å². The van der Waals surface area contributed by atoms with Gasteiger partial charge in [0.1, 0.15) is 16.8 Å². The number of halogens is 1. The molecule has 2 aromatic heterocycles. The Hall–Kier alpha value is -1.42. The summed E-state index contributed by atoms with van der Waals surface area (Å²) in [6.45, 7) is 12.1. The number of hydrogen-bond acceptors (Lipinski definition) is 3. The minimum atomic E-state index is -0.330. The molecule has 130 valence electrons. The molecule has 24 heavy (non-hydrogen) atoms. The summed E-state index contributed by atoms with van der Waals surface area (Å²) in [5.74, 6) is 2.71. The van der Waals surface area contributed by atoms with Gasteiger partial charge < -0.3 is 4.57 Å². The summed E-state index contributed by atoms with van der Waals surface area (Å²) in [6, 6.07) is 5.77. The summed E-state index contributed by atoms with van der Waals surface area (Å²) >= 11 is 6.11. The SMILES string of the molecule is CC(C)(C)CCn1c(C2CC2)nnc1C(C)(C)c1cccc(Cl)n1. The van der Waals surface area contributed by atoms with E-state index in [2.05, 4.69) is 54.4 Å². The fourth-order valence-corrected chi connectivity index (χ4v) is 3.12. The molecule has 0 N–H and O–H groups in total. The molecular formula is C19H27ClN4. The van der Waals surface area contributed by atoms with Crippen molar-refractivity contribution in [3.05, 3.63) is 40.7 Å². The van der Waals surface area contributed by atoms with E-state index < -0.39 is 0 Å². The molecule has 2 heterocycles. The van der Waals surface area contributed by atoms with E-state index in [0.717, 1.165) is 30.3 Å². The second kappa shape index (κ2) is 6.14. The average Bonchev–Trinajstić information content (AvgIpc) is 3.23. The first-order valence-electron chi connectivity index (χ1n) is 8.75. The van der Waals surface area contributed by atoms with E-state index in [9.17, 15) is 0 Å². The first-order chi connectivity index (χ1) is 11.2. The van der Waals surface area contributed by atoms with Crippen molar-refractivity contribution in [3.8, 4) is 0 Å². The van der Waals surface area contributed by atoms with E-state index in [0.29, 0.717) is 11.1 Å². The third-order valence-corrected chi connectivity index (χ3v) is 4.93. The number of aromatic nitrogens is 4. The maximum Gasteiger partial charge on any atom is 0.144 e. The van der Waals surface area contributed by atoms with Crippen molar-refractivity contribution in [3.63, 3.8) is 0 Å². The van der Waals surface area contributed by atoms with Crippen LogP contribution in [0.5, 0.6) is 0 Å². The Balaban J connectivity index is 2.00. The lowest BCUT2D eigenvalue weighted by atomic mass is 9.87. The third-order valence-electron chi connectivity index (χ3n) is 4.72. The quantitative estimate of drug-likeness (QED) is 0.718. The highest BCUT2D eigenvalue weighted by molar-refractivity contribution is 6.29. The molecule has 1 aliphatic rings. The standard InChI is InChI=1S/C19H27ClN4/c1-18(2,3)11-12-24-16(13-9-10-13)22-23-17(24)19(4,5)14-7-6-8-15(20)21-14/h6-8,13H,9-12H2,1-5H3. The highest BCUT2D eigenvalue weighted by Gasteiger charge is 2.36. The van der Waals surface area contributed by atoms with Gasteiger partial charge in [0.15, 0.2) is 0 Å². The molecule has 0 aliphatic heterocycles. The Morgan fingerprint density at radius 1 is 1.12 bits per heavy atom. The van der Waals surface area contributed by atoms with E-state index in [1.807, 2.05) is 12.1 Å². The van der Waals surface area contributed by atoms with Crippen molar-refractivity contribution in [2.45, 2.75) is 71.8 Å². The molecule has 0 atom stereocenters. The van der Waals surface area contributed by atoms with Gasteiger partial charge in [-0.25, -0.2) is 4.98 Å². The molecule has 0 bridgehead atoms. The normalized spacial score (nSPS) is 15.8. The molecule has 4 nitrogen and oxygen atoms in total. The molecule has 3 rings (SSSR count). The zero-order valence-electron chi connectivity index (χ0n) is 15.3. The van der Waals surface area contributed by atoms with Gasteiger partial charge >= 0.3 is 0 Å². The van der Waals surface area contributed by atoms with E-state index in [-0.39, 0.29) is 10.8 Å². The van der Waals surface area contributed by atoms with Crippen LogP contribution in [0.3, 0.4) is 0 Å². The molecular weight excluding hydrogens is 320 g/mol. The Bertz CT molecular complexity index is 723. The van der Waals surface area contributed by atoms with Crippen LogP contribution >= 0.6 is 11.6 Å². The lowest BCUT2D eigenvalue weighted by Gasteiger charge is -2.26. The maximum atomic E-state index is 6.11.